The predicted octanol–water partition coefficient (Wildman–Crippen LogP) is 1.68. The number of carbonyl (C=O) groups excluding carboxylic acids is 1. The summed E-state index contributed by atoms with van der Waals surface area (Å²) in [4.78, 5) is 11.3. The molecule has 1 amide bonds. The highest BCUT2D eigenvalue weighted by Gasteiger charge is 2.24. The number of thioether (sulfide) groups is 2. The van der Waals surface area contributed by atoms with Crippen LogP contribution < -0.4 is 5.32 Å². The first-order valence-corrected chi connectivity index (χ1v) is 5.80. The Hall–Kier alpha value is -0.600. The fourth-order valence-corrected chi connectivity index (χ4v) is 3.28. The predicted molar refractivity (Wildman–Crippen MR) is 56.0 cm³/mol. The van der Waals surface area contributed by atoms with Crippen LogP contribution in [0.25, 0.3) is 0 Å². The third kappa shape index (κ3) is 2.42. The highest BCUT2D eigenvalue weighted by atomic mass is 32.2. The first kappa shape index (κ1) is 10.5. The quantitative estimate of drug-likeness (QED) is 0.760. The van der Waals surface area contributed by atoms with Gasteiger partial charge in [0, 0.05) is 0 Å². The van der Waals surface area contributed by atoms with Crippen molar-refractivity contribution in [2.75, 3.05) is 5.75 Å². The summed E-state index contributed by atoms with van der Waals surface area (Å²) in [6, 6.07) is 1.94. The molecular weight excluding hydrogens is 204 g/mol. The van der Waals surface area contributed by atoms with Crippen LogP contribution in [0.3, 0.4) is 0 Å². The molecule has 0 radical (unpaired) electrons. The molecule has 0 aromatic heterocycles. The van der Waals surface area contributed by atoms with Gasteiger partial charge in [-0.3, -0.25) is 4.79 Å². The van der Waals surface area contributed by atoms with E-state index in [4.69, 9.17) is 5.26 Å². The van der Waals surface area contributed by atoms with Crippen molar-refractivity contribution in [3.05, 3.63) is 9.81 Å². The minimum absolute atomic E-state index is 0.0682. The lowest BCUT2D eigenvalue weighted by atomic mass is 10.3. The first-order chi connectivity index (χ1) is 6.19. The molecule has 1 N–H and O–H groups in total. The van der Waals surface area contributed by atoms with Gasteiger partial charge in [-0.15, -0.1) is 11.8 Å². The fraction of sp³-hybridized carbons (Fsp3) is 0.500. The Morgan fingerprint density at radius 3 is 3.00 bits per heavy atom. The maximum absolute atomic E-state index is 11.3. The smallest absolute Gasteiger partial charge is 0.264 e. The van der Waals surface area contributed by atoms with Gasteiger partial charge in [-0.1, -0.05) is 18.7 Å². The van der Waals surface area contributed by atoms with Crippen molar-refractivity contribution in [2.24, 2.45) is 0 Å². The summed E-state index contributed by atoms with van der Waals surface area (Å²) in [6.07, 6.45) is 0. The third-order valence-electron chi connectivity index (χ3n) is 1.44. The topological polar surface area (TPSA) is 52.9 Å². The average Bonchev–Trinajstić information content (AvgIpc) is 2.04. The van der Waals surface area contributed by atoms with Crippen molar-refractivity contribution < 1.29 is 4.79 Å². The van der Waals surface area contributed by atoms with Gasteiger partial charge in [0.05, 0.1) is 9.61 Å². The Balaban J connectivity index is 2.93. The Bertz CT molecular complexity index is 293. The van der Waals surface area contributed by atoms with E-state index in [9.17, 15) is 4.79 Å². The van der Waals surface area contributed by atoms with Crippen LogP contribution in [0.15, 0.2) is 9.81 Å². The van der Waals surface area contributed by atoms with E-state index < -0.39 is 0 Å². The number of hydrogen-bond donors (Lipinski definition) is 1. The van der Waals surface area contributed by atoms with E-state index in [2.05, 4.69) is 5.32 Å². The lowest BCUT2D eigenvalue weighted by Crippen LogP contribution is -2.34. The molecule has 0 saturated heterocycles. The average molecular weight is 214 g/mol. The monoisotopic (exact) mass is 214 g/mol. The Kier molecular flexibility index (Phi) is 3.70. The number of carbonyl (C=O) groups is 1. The van der Waals surface area contributed by atoms with Crippen molar-refractivity contribution >= 4 is 29.4 Å². The van der Waals surface area contributed by atoms with Crippen LogP contribution in [-0.2, 0) is 4.79 Å². The SMILES string of the molecule is CCSC1=C(C#N)C(=O)N[C@@H](C)S1. The highest BCUT2D eigenvalue weighted by Crippen LogP contribution is 2.36. The lowest BCUT2D eigenvalue weighted by molar-refractivity contribution is -0.117. The van der Waals surface area contributed by atoms with Gasteiger partial charge in [0.1, 0.15) is 11.6 Å². The number of rotatable bonds is 2. The van der Waals surface area contributed by atoms with Crippen LogP contribution in [0.5, 0.6) is 0 Å². The van der Waals surface area contributed by atoms with Crippen LogP contribution in [-0.4, -0.2) is 17.0 Å². The second-order valence-corrected chi connectivity index (χ2v) is 5.32. The van der Waals surface area contributed by atoms with Crippen molar-refractivity contribution in [3.8, 4) is 6.07 Å². The molecule has 0 aromatic carbocycles. The minimum Gasteiger partial charge on any atom is -0.340 e. The van der Waals surface area contributed by atoms with E-state index in [1.807, 2.05) is 19.9 Å². The summed E-state index contributed by atoms with van der Waals surface area (Å²) >= 11 is 3.09. The highest BCUT2D eigenvalue weighted by molar-refractivity contribution is 8.22. The molecule has 70 valence electrons. The molecular formula is C8H10N2OS2. The number of nitrogens with one attached hydrogen (secondary N) is 1. The molecule has 1 aliphatic heterocycles. The number of nitrogens with zero attached hydrogens (tertiary/aromatic N) is 1. The van der Waals surface area contributed by atoms with Crippen LogP contribution in [0, 0.1) is 11.3 Å². The van der Waals surface area contributed by atoms with Gasteiger partial charge in [0.15, 0.2) is 0 Å². The minimum atomic E-state index is -0.246. The van der Waals surface area contributed by atoms with E-state index in [0.29, 0.717) is 0 Å². The second-order valence-electron chi connectivity index (χ2n) is 2.44. The maximum Gasteiger partial charge on any atom is 0.264 e. The zero-order chi connectivity index (χ0) is 9.84. The van der Waals surface area contributed by atoms with E-state index in [1.165, 1.54) is 11.8 Å². The first-order valence-electron chi connectivity index (χ1n) is 3.93. The molecule has 0 bridgehead atoms. The van der Waals surface area contributed by atoms with Crippen LogP contribution >= 0.6 is 23.5 Å². The Morgan fingerprint density at radius 2 is 2.46 bits per heavy atom. The lowest BCUT2D eigenvalue weighted by Gasteiger charge is -2.21. The molecule has 0 saturated carbocycles. The Labute approximate surface area is 85.9 Å². The molecule has 0 fully saturated rings. The van der Waals surface area contributed by atoms with Crippen LogP contribution in [0.4, 0.5) is 0 Å². The molecule has 1 atom stereocenters. The van der Waals surface area contributed by atoms with Crippen molar-refractivity contribution in [1.29, 1.82) is 5.26 Å². The van der Waals surface area contributed by atoms with Crippen LogP contribution in [0.2, 0.25) is 0 Å². The summed E-state index contributed by atoms with van der Waals surface area (Å²) < 4.78 is 0.848. The van der Waals surface area contributed by atoms with Gasteiger partial charge in [-0.05, 0) is 12.7 Å². The zero-order valence-corrected chi connectivity index (χ0v) is 9.09. The summed E-state index contributed by atoms with van der Waals surface area (Å²) in [7, 11) is 0. The summed E-state index contributed by atoms with van der Waals surface area (Å²) in [5.41, 5.74) is 0.259. The Morgan fingerprint density at radius 1 is 1.77 bits per heavy atom. The van der Waals surface area contributed by atoms with Gasteiger partial charge >= 0.3 is 0 Å². The number of amides is 1. The van der Waals surface area contributed by atoms with E-state index in [1.54, 1.807) is 11.8 Å². The standard InChI is InChI=1S/C8H10N2OS2/c1-3-12-8-6(4-9)7(11)10-5(2)13-8/h5H,3H2,1-2H3,(H,10,11)/t5-/m1/s1. The summed E-state index contributed by atoms with van der Waals surface area (Å²) in [5.74, 6) is 0.637. The van der Waals surface area contributed by atoms with Gasteiger partial charge in [-0.25, -0.2) is 0 Å². The van der Waals surface area contributed by atoms with Gasteiger partial charge in [0.25, 0.3) is 5.91 Å². The molecule has 3 nitrogen and oxygen atoms in total. The fourth-order valence-electron chi connectivity index (χ4n) is 0.932. The molecule has 5 heteroatoms. The van der Waals surface area contributed by atoms with E-state index in [-0.39, 0.29) is 16.9 Å². The second kappa shape index (κ2) is 4.58. The molecule has 0 aromatic rings. The van der Waals surface area contributed by atoms with Gasteiger partial charge < -0.3 is 5.32 Å². The molecule has 1 rings (SSSR count). The molecule has 1 aliphatic rings. The number of hydrogen-bond acceptors (Lipinski definition) is 4. The normalized spacial score (nSPS) is 22.5. The third-order valence-corrected chi connectivity index (χ3v) is 3.72. The molecule has 0 aliphatic carbocycles. The molecule has 0 unspecified atom stereocenters. The zero-order valence-electron chi connectivity index (χ0n) is 7.46. The summed E-state index contributed by atoms with van der Waals surface area (Å²) in [6.45, 7) is 3.91. The van der Waals surface area contributed by atoms with Gasteiger partial charge in [-0.2, -0.15) is 5.26 Å². The van der Waals surface area contributed by atoms with Crippen molar-refractivity contribution in [3.63, 3.8) is 0 Å². The molecule has 1 heterocycles. The molecule has 0 spiro atoms. The largest absolute Gasteiger partial charge is 0.340 e. The van der Waals surface area contributed by atoms with Crippen LogP contribution in [0.1, 0.15) is 13.8 Å². The van der Waals surface area contributed by atoms with E-state index >= 15 is 0 Å². The van der Waals surface area contributed by atoms with Crippen molar-refractivity contribution in [2.45, 2.75) is 19.2 Å². The maximum atomic E-state index is 11.3. The van der Waals surface area contributed by atoms with Crippen molar-refractivity contribution in [1.82, 2.24) is 5.32 Å². The summed E-state index contributed by atoms with van der Waals surface area (Å²) in [5, 5.41) is 11.5. The van der Waals surface area contributed by atoms with E-state index in [0.717, 1.165) is 9.99 Å². The number of nitriles is 1. The van der Waals surface area contributed by atoms with Gasteiger partial charge in [0.2, 0.25) is 0 Å². The molecule has 13 heavy (non-hydrogen) atoms.